The van der Waals surface area contributed by atoms with E-state index >= 15 is 0 Å². The molecule has 176 valence electrons. The van der Waals surface area contributed by atoms with Gasteiger partial charge >= 0.3 is 0 Å². The molecule has 0 aliphatic carbocycles. The number of rotatable bonds is 4. The zero-order valence-corrected chi connectivity index (χ0v) is 18.9. The molecule has 2 N–H and O–H groups in total. The molecule has 0 spiro atoms. The van der Waals surface area contributed by atoms with Crippen molar-refractivity contribution < 1.29 is 33.6 Å². The minimum atomic E-state index is -1.06. The average Bonchev–Trinajstić information content (AvgIpc) is 3.09. The smallest absolute Gasteiger partial charge is 0.223 e. The van der Waals surface area contributed by atoms with E-state index in [4.69, 9.17) is 23.7 Å². The Labute approximate surface area is 192 Å². The van der Waals surface area contributed by atoms with E-state index in [0.29, 0.717) is 5.75 Å². The number of hydrogen-bond donors (Lipinski definition) is 2. The van der Waals surface area contributed by atoms with Crippen LogP contribution in [0, 0.1) is 0 Å². The first kappa shape index (κ1) is 22.2. The Morgan fingerprint density at radius 3 is 2.70 bits per heavy atom. The Morgan fingerprint density at radius 2 is 1.94 bits per heavy atom. The molecular weight excluding hydrogens is 426 g/mol. The molecule has 3 aliphatic heterocycles. The number of benzene rings is 2. The summed E-state index contributed by atoms with van der Waals surface area (Å²) in [6, 6.07) is 14.3. The van der Waals surface area contributed by atoms with Crippen LogP contribution in [0.25, 0.3) is 0 Å². The van der Waals surface area contributed by atoms with Crippen molar-refractivity contribution in [3.8, 4) is 11.5 Å². The summed E-state index contributed by atoms with van der Waals surface area (Å²) in [5.41, 5.74) is 1.69. The van der Waals surface area contributed by atoms with Crippen molar-refractivity contribution in [3.05, 3.63) is 59.7 Å². The van der Waals surface area contributed by atoms with E-state index in [9.17, 15) is 9.90 Å². The maximum Gasteiger partial charge on any atom is 0.223 e. The predicted molar refractivity (Wildman–Crippen MR) is 118 cm³/mol. The van der Waals surface area contributed by atoms with Crippen LogP contribution in [-0.2, 0) is 25.4 Å². The highest BCUT2D eigenvalue weighted by atomic mass is 16.7. The average molecular weight is 456 g/mol. The van der Waals surface area contributed by atoms with Crippen molar-refractivity contribution in [2.75, 3.05) is 6.61 Å². The second-order valence-corrected chi connectivity index (χ2v) is 9.36. The Hall–Kier alpha value is -2.65. The van der Waals surface area contributed by atoms with E-state index in [-0.39, 0.29) is 18.1 Å². The monoisotopic (exact) mass is 455 g/mol. The van der Waals surface area contributed by atoms with Crippen LogP contribution in [0.4, 0.5) is 0 Å². The molecule has 0 radical (unpaired) electrons. The van der Waals surface area contributed by atoms with Crippen molar-refractivity contribution in [3.63, 3.8) is 0 Å². The Kier molecular flexibility index (Phi) is 5.78. The number of ether oxygens (including phenoxy) is 5. The summed E-state index contributed by atoms with van der Waals surface area (Å²) >= 11 is 0. The molecule has 2 saturated heterocycles. The molecular formula is C25H29NO7. The lowest BCUT2D eigenvalue weighted by Gasteiger charge is -2.47. The van der Waals surface area contributed by atoms with Crippen LogP contribution >= 0.6 is 0 Å². The lowest BCUT2D eigenvalue weighted by atomic mass is 9.95. The van der Waals surface area contributed by atoms with Crippen molar-refractivity contribution in [2.24, 2.45) is 0 Å². The number of fused-ring (bicyclic) bond motifs is 2. The van der Waals surface area contributed by atoms with E-state index in [2.05, 4.69) is 5.32 Å². The van der Waals surface area contributed by atoms with Gasteiger partial charge in [0.05, 0.1) is 6.61 Å². The fraction of sp³-hybridized carbons (Fsp3) is 0.480. The maximum atomic E-state index is 11.9. The van der Waals surface area contributed by atoms with Crippen LogP contribution in [0.3, 0.4) is 0 Å². The Bertz CT molecular complexity index is 1010. The second kappa shape index (κ2) is 8.61. The number of carbonyl (C=O) groups is 1. The molecule has 3 aliphatic rings. The summed E-state index contributed by atoms with van der Waals surface area (Å²) in [6.45, 7) is 5.67. The summed E-state index contributed by atoms with van der Waals surface area (Å²) in [5.74, 6) is 0.982. The standard InChI is InChI=1S/C25H29NO7/c1-14(27)26-20-21(28)22-19(13-29-23(32-22)15-7-5-4-6-8-15)31-24(20)30-17-10-9-16-12-25(2,3)33-18(16)11-17/h4-11,19-24,28H,12-13H2,1-3H3,(H,26,27). The summed E-state index contributed by atoms with van der Waals surface area (Å²) < 4.78 is 30.2. The summed E-state index contributed by atoms with van der Waals surface area (Å²) in [5, 5.41) is 13.9. The number of nitrogens with one attached hydrogen (secondary N) is 1. The van der Waals surface area contributed by atoms with Gasteiger partial charge in [-0.2, -0.15) is 0 Å². The minimum Gasteiger partial charge on any atom is -0.487 e. The quantitative estimate of drug-likeness (QED) is 0.731. The molecule has 0 bridgehead atoms. The van der Waals surface area contributed by atoms with E-state index in [0.717, 1.165) is 23.3 Å². The van der Waals surface area contributed by atoms with Crippen LogP contribution in [0.1, 0.15) is 38.2 Å². The van der Waals surface area contributed by atoms with Crippen LogP contribution in [0.2, 0.25) is 0 Å². The number of amides is 1. The van der Waals surface area contributed by atoms with Crippen molar-refractivity contribution in [1.29, 1.82) is 0 Å². The first-order valence-corrected chi connectivity index (χ1v) is 11.2. The van der Waals surface area contributed by atoms with E-state index in [1.807, 2.05) is 62.4 Å². The third-order valence-electron chi connectivity index (χ3n) is 6.10. The highest BCUT2D eigenvalue weighted by molar-refractivity contribution is 5.73. The van der Waals surface area contributed by atoms with Crippen LogP contribution < -0.4 is 14.8 Å². The van der Waals surface area contributed by atoms with Gasteiger partial charge in [-0.15, -0.1) is 0 Å². The second-order valence-electron chi connectivity index (χ2n) is 9.36. The molecule has 2 aromatic carbocycles. The number of aliphatic hydroxyl groups excluding tert-OH is 1. The van der Waals surface area contributed by atoms with Crippen molar-refractivity contribution >= 4 is 5.91 Å². The van der Waals surface area contributed by atoms with Gasteiger partial charge in [0.25, 0.3) is 0 Å². The molecule has 0 aromatic heterocycles. The lowest BCUT2D eigenvalue weighted by Crippen LogP contribution is -2.67. The SMILES string of the molecule is CC(=O)NC1C(Oc2ccc3c(c2)OC(C)(C)C3)OC2COC(c3ccccc3)OC2C1O. The highest BCUT2D eigenvalue weighted by Gasteiger charge is 2.50. The fourth-order valence-electron chi connectivity index (χ4n) is 4.64. The zero-order valence-electron chi connectivity index (χ0n) is 18.9. The summed E-state index contributed by atoms with van der Waals surface area (Å²) in [4.78, 5) is 11.9. The molecule has 33 heavy (non-hydrogen) atoms. The Morgan fingerprint density at radius 1 is 1.15 bits per heavy atom. The van der Waals surface area contributed by atoms with Gasteiger partial charge in [-0.25, -0.2) is 0 Å². The van der Waals surface area contributed by atoms with Gasteiger partial charge in [-0.05, 0) is 25.5 Å². The normalized spacial score (nSPS) is 32.2. The van der Waals surface area contributed by atoms with Crippen molar-refractivity contribution in [1.82, 2.24) is 5.32 Å². The minimum absolute atomic E-state index is 0.218. The number of hydrogen-bond acceptors (Lipinski definition) is 7. The zero-order chi connectivity index (χ0) is 23.2. The van der Waals surface area contributed by atoms with Gasteiger partial charge in [0.2, 0.25) is 12.2 Å². The van der Waals surface area contributed by atoms with E-state index in [1.165, 1.54) is 6.92 Å². The van der Waals surface area contributed by atoms with Crippen LogP contribution in [0.5, 0.6) is 11.5 Å². The fourth-order valence-corrected chi connectivity index (χ4v) is 4.64. The molecule has 8 heteroatoms. The summed E-state index contributed by atoms with van der Waals surface area (Å²) in [7, 11) is 0. The molecule has 1 amide bonds. The van der Waals surface area contributed by atoms with Gasteiger partial charge in [-0.1, -0.05) is 36.4 Å². The lowest BCUT2D eigenvalue weighted by molar-refractivity contribution is -0.333. The highest BCUT2D eigenvalue weighted by Crippen LogP contribution is 2.39. The molecule has 2 aromatic rings. The molecule has 6 atom stereocenters. The van der Waals surface area contributed by atoms with Gasteiger partial charge < -0.3 is 34.1 Å². The molecule has 2 fully saturated rings. The molecule has 6 unspecified atom stereocenters. The molecule has 3 heterocycles. The van der Waals surface area contributed by atoms with Gasteiger partial charge in [0, 0.05) is 25.0 Å². The third kappa shape index (κ3) is 4.56. The van der Waals surface area contributed by atoms with Gasteiger partial charge in [0.1, 0.15) is 41.5 Å². The predicted octanol–water partition coefficient (Wildman–Crippen LogP) is 2.48. The van der Waals surface area contributed by atoms with Gasteiger partial charge in [0.15, 0.2) is 6.29 Å². The van der Waals surface area contributed by atoms with Gasteiger partial charge in [-0.3, -0.25) is 4.79 Å². The molecule has 0 saturated carbocycles. The number of aliphatic hydroxyl groups is 1. The molecule has 5 rings (SSSR count). The Balaban J connectivity index is 1.34. The van der Waals surface area contributed by atoms with Crippen LogP contribution in [0.15, 0.2) is 48.5 Å². The maximum absolute atomic E-state index is 11.9. The largest absolute Gasteiger partial charge is 0.487 e. The summed E-state index contributed by atoms with van der Waals surface area (Å²) in [6.07, 6.45) is -3.05. The van der Waals surface area contributed by atoms with Crippen molar-refractivity contribution in [2.45, 2.75) is 69.7 Å². The van der Waals surface area contributed by atoms with E-state index < -0.39 is 36.9 Å². The first-order chi connectivity index (χ1) is 15.8. The number of carbonyl (C=O) groups excluding carboxylic acids is 1. The topological polar surface area (TPSA) is 95.5 Å². The molecule has 8 nitrogen and oxygen atoms in total. The van der Waals surface area contributed by atoms with E-state index in [1.54, 1.807) is 0 Å². The van der Waals surface area contributed by atoms with Crippen LogP contribution in [-0.4, -0.2) is 53.9 Å². The first-order valence-electron chi connectivity index (χ1n) is 11.2. The third-order valence-corrected chi connectivity index (χ3v) is 6.10.